The van der Waals surface area contributed by atoms with Gasteiger partial charge in [-0.3, -0.25) is 0 Å². The summed E-state index contributed by atoms with van der Waals surface area (Å²) in [6.45, 7) is 4.26. The Morgan fingerprint density at radius 1 is 1.50 bits per heavy atom. The Labute approximate surface area is 112 Å². The second kappa shape index (κ2) is 4.77. The fraction of sp³-hybridized carbons (Fsp3) is 0.273. The van der Waals surface area contributed by atoms with Crippen LogP contribution < -0.4 is 0 Å². The molecule has 2 aromatic heterocycles. The third-order valence-corrected chi connectivity index (χ3v) is 4.46. The van der Waals surface area contributed by atoms with E-state index in [0.717, 1.165) is 20.9 Å². The maximum absolute atomic E-state index is 5.25. The molecule has 0 atom stereocenters. The topological polar surface area (TPSA) is 28.7 Å². The summed E-state index contributed by atoms with van der Waals surface area (Å²) in [5.74, 6) is 1.24. The van der Waals surface area contributed by atoms with Gasteiger partial charge in [-0.05, 0) is 33.3 Å². The molecule has 0 aliphatic heterocycles. The number of hydrogen-bond acceptors (Lipinski definition) is 3. The van der Waals surface area contributed by atoms with E-state index in [1.807, 2.05) is 17.5 Å². The zero-order valence-electron chi connectivity index (χ0n) is 8.95. The number of aromatic nitrogens is 2. The highest BCUT2D eigenvalue weighted by Gasteiger charge is 2.11. The van der Waals surface area contributed by atoms with E-state index in [1.54, 1.807) is 11.3 Å². The van der Waals surface area contributed by atoms with E-state index in [4.69, 9.17) is 12.2 Å². The van der Waals surface area contributed by atoms with Crippen molar-refractivity contribution in [1.29, 1.82) is 0 Å². The Kier molecular flexibility index (Phi) is 3.56. The Bertz CT molecular complexity index is 544. The quantitative estimate of drug-likeness (QED) is 0.810. The summed E-state index contributed by atoms with van der Waals surface area (Å²) in [7, 11) is 0. The van der Waals surface area contributed by atoms with Gasteiger partial charge in [0.25, 0.3) is 0 Å². The minimum Gasteiger partial charge on any atom is -0.341 e. The molecule has 2 aromatic rings. The molecule has 0 saturated heterocycles. The van der Waals surface area contributed by atoms with Crippen LogP contribution in [-0.2, 0) is 0 Å². The summed E-state index contributed by atoms with van der Waals surface area (Å²) in [6, 6.07) is 4.05. The van der Waals surface area contributed by atoms with Crippen molar-refractivity contribution in [3.63, 3.8) is 0 Å². The van der Waals surface area contributed by atoms with Gasteiger partial charge in [-0.2, -0.15) is 0 Å². The molecule has 0 saturated carbocycles. The molecule has 0 unspecified atom stereocenters. The molecule has 2 nitrogen and oxygen atoms in total. The van der Waals surface area contributed by atoms with Crippen LogP contribution >= 0.6 is 39.5 Å². The third kappa shape index (κ3) is 2.26. The van der Waals surface area contributed by atoms with Crippen LogP contribution in [0.25, 0.3) is 10.7 Å². The lowest BCUT2D eigenvalue weighted by Crippen LogP contribution is -1.99. The summed E-state index contributed by atoms with van der Waals surface area (Å²) in [4.78, 5) is 8.83. The number of nitrogens with one attached hydrogen (secondary N) is 1. The van der Waals surface area contributed by atoms with Gasteiger partial charge in [0.15, 0.2) is 0 Å². The highest BCUT2D eigenvalue weighted by Crippen LogP contribution is 2.28. The molecule has 5 heteroatoms. The molecule has 84 valence electrons. The van der Waals surface area contributed by atoms with Crippen LogP contribution in [0.4, 0.5) is 0 Å². The number of thiophene rings is 1. The van der Waals surface area contributed by atoms with Crippen LogP contribution in [0.5, 0.6) is 0 Å². The van der Waals surface area contributed by atoms with Crippen molar-refractivity contribution < 1.29 is 0 Å². The number of H-pyrrole nitrogens is 1. The standard InChI is InChI=1S/C11H11BrN2S2/c1-6(2)9-8(12)11(15)14-10(13-9)7-4-3-5-16-7/h3-6H,1-2H3,(H,13,14,15). The van der Waals surface area contributed by atoms with E-state index in [0.29, 0.717) is 10.6 Å². The fourth-order valence-electron chi connectivity index (χ4n) is 1.40. The zero-order chi connectivity index (χ0) is 11.7. The van der Waals surface area contributed by atoms with E-state index in [9.17, 15) is 0 Å². The summed E-state index contributed by atoms with van der Waals surface area (Å²) in [5, 5.41) is 2.03. The van der Waals surface area contributed by atoms with Crippen LogP contribution in [0.2, 0.25) is 0 Å². The Morgan fingerprint density at radius 2 is 2.25 bits per heavy atom. The third-order valence-electron chi connectivity index (χ3n) is 2.22. The van der Waals surface area contributed by atoms with Crippen molar-refractivity contribution in [3.05, 3.63) is 32.3 Å². The first kappa shape index (κ1) is 12.0. The SMILES string of the molecule is CC(C)c1[nH]c(-c2cccs2)nc(=S)c1Br. The molecule has 0 aliphatic carbocycles. The average molecular weight is 315 g/mol. The van der Waals surface area contributed by atoms with Crippen LogP contribution in [0.1, 0.15) is 25.5 Å². The molecule has 0 bridgehead atoms. The van der Waals surface area contributed by atoms with Gasteiger partial charge in [0.2, 0.25) is 0 Å². The summed E-state index contributed by atoms with van der Waals surface area (Å²) >= 11 is 10.4. The molecule has 0 fully saturated rings. The van der Waals surface area contributed by atoms with Crippen LogP contribution in [-0.4, -0.2) is 9.97 Å². The second-order valence-corrected chi connectivity index (χ2v) is 5.88. The Morgan fingerprint density at radius 3 is 2.81 bits per heavy atom. The molecule has 1 N–H and O–H groups in total. The highest BCUT2D eigenvalue weighted by atomic mass is 79.9. The molecule has 0 amide bonds. The van der Waals surface area contributed by atoms with Gasteiger partial charge in [0, 0.05) is 5.69 Å². The van der Waals surface area contributed by atoms with E-state index < -0.39 is 0 Å². The largest absolute Gasteiger partial charge is 0.341 e. The van der Waals surface area contributed by atoms with Crippen molar-refractivity contribution >= 4 is 39.5 Å². The number of rotatable bonds is 2. The van der Waals surface area contributed by atoms with Crippen molar-refractivity contribution in [2.75, 3.05) is 0 Å². The lowest BCUT2D eigenvalue weighted by molar-refractivity contribution is 0.807. The fourth-order valence-corrected chi connectivity index (χ4v) is 2.92. The first-order valence-electron chi connectivity index (χ1n) is 4.93. The van der Waals surface area contributed by atoms with E-state index in [2.05, 4.69) is 39.7 Å². The van der Waals surface area contributed by atoms with Gasteiger partial charge in [0.1, 0.15) is 10.5 Å². The first-order valence-corrected chi connectivity index (χ1v) is 7.01. The predicted molar refractivity (Wildman–Crippen MR) is 74.5 cm³/mol. The van der Waals surface area contributed by atoms with Gasteiger partial charge in [0.05, 0.1) is 9.35 Å². The molecule has 0 radical (unpaired) electrons. The van der Waals surface area contributed by atoms with Crippen molar-refractivity contribution in [2.24, 2.45) is 0 Å². The lowest BCUT2D eigenvalue weighted by Gasteiger charge is -2.10. The predicted octanol–water partition coefficient (Wildman–Crippen LogP) is 4.75. The van der Waals surface area contributed by atoms with E-state index in [1.165, 1.54) is 0 Å². The second-order valence-electron chi connectivity index (χ2n) is 3.75. The molecule has 0 aliphatic rings. The van der Waals surface area contributed by atoms with Gasteiger partial charge in [-0.1, -0.05) is 32.1 Å². The number of halogens is 1. The minimum absolute atomic E-state index is 0.387. The maximum atomic E-state index is 5.25. The number of nitrogens with zero attached hydrogens (tertiary/aromatic N) is 1. The molecule has 2 heterocycles. The van der Waals surface area contributed by atoms with Crippen molar-refractivity contribution in [3.8, 4) is 10.7 Å². The van der Waals surface area contributed by atoms with Gasteiger partial charge in [-0.25, -0.2) is 4.98 Å². The van der Waals surface area contributed by atoms with Crippen LogP contribution in [0, 0.1) is 4.64 Å². The smallest absolute Gasteiger partial charge is 0.149 e. The molecule has 0 spiro atoms. The van der Waals surface area contributed by atoms with Gasteiger partial charge >= 0.3 is 0 Å². The zero-order valence-corrected chi connectivity index (χ0v) is 12.2. The molecule has 16 heavy (non-hydrogen) atoms. The minimum atomic E-state index is 0.387. The van der Waals surface area contributed by atoms with Crippen molar-refractivity contribution in [2.45, 2.75) is 19.8 Å². The van der Waals surface area contributed by atoms with Crippen molar-refractivity contribution in [1.82, 2.24) is 9.97 Å². The summed E-state index contributed by atoms with van der Waals surface area (Å²) in [6.07, 6.45) is 0. The number of hydrogen-bond donors (Lipinski definition) is 1. The highest BCUT2D eigenvalue weighted by molar-refractivity contribution is 9.10. The van der Waals surface area contributed by atoms with Crippen LogP contribution in [0.15, 0.2) is 22.0 Å². The normalized spacial score (nSPS) is 11.0. The molecular formula is C11H11BrN2S2. The van der Waals surface area contributed by atoms with E-state index >= 15 is 0 Å². The molecule has 0 aromatic carbocycles. The summed E-state index contributed by atoms with van der Waals surface area (Å²) < 4.78 is 1.52. The first-order chi connectivity index (χ1) is 7.59. The Hall–Kier alpha value is -0.520. The average Bonchev–Trinajstić information content (AvgIpc) is 2.74. The maximum Gasteiger partial charge on any atom is 0.149 e. The summed E-state index contributed by atoms with van der Waals surface area (Å²) in [5.41, 5.74) is 1.10. The number of aromatic amines is 1. The lowest BCUT2D eigenvalue weighted by atomic mass is 10.1. The monoisotopic (exact) mass is 314 g/mol. The Balaban J connectivity index is 2.62. The molecule has 2 rings (SSSR count). The van der Waals surface area contributed by atoms with Gasteiger partial charge in [-0.15, -0.1) is 11.3 Å². The van der Waals surface area contributed by atoms with Gasteiger partial charge < -0.3 is 4.98 Å². The molecular weight excluding hydrogens is 304 g/mol. The van der Waals surface area contributed by atoms with Crippen LogP contribution in [0.3, 0.4) is 0 Å². The van der Waals surface area contributed by atoms with E-state index in [-0.39, 0.29) is 0 Å².